The van der Waals surface area contributed by atoms with Crippen LogP contribution in [0.15, 0.2) is 11.1 Å². The van der Waals surface area contributed by atoms with Gasteiger partial charge in [0.25, 0.3) is 5.56 Å². The van der Waals surface area contributed by atoms with E-state index >= 15 is 0 Å². The van der Waals surface area contributed by atoms with Gasteiger partial charge >= 0.3 is 0 Å². The van der Waals surface area contributed by atoms with Crippen LogP contribution in [0.5, 0.6) is 0 Å². The zero-order valence-electron chi connectivity index (χ0n) is 13.1. The van der Waals surface area contributed by atoms with Crippen molar-refractivity contribution in [1.29, 1.82) is 0 Å². The molecular formula is C15H23F2N5O. The van der Waals surface area contributed by atoms with Crippen molar-refractivity contribution < 1.29 is 8.78 Å². The Labute approximate surface area is 133 Å². The quantitative estimate of drug-likeness (QED) is 0.552. The summed E-state index contributed by atoms with van der Waals surface area (Å²) in [6.07, 6.45) is 6.04. The van der Waals surface area contributed by atoms with Gasteiger partial charge in [-0.1, -0.05) is 32.1 Å². The first-order chi connectivity index (χ1) is 11.2. The molecule has 3 N–H and O–H groups in total. The molecule has 128 valence electrons. The van der Waals surface area contributed by atoms with E-state index in [9.17, 15) is 13.6 Å². The van der Waals surface area contributed by atoms with Crippen LogP contribution in [0.25, 0.3) is 11.2 Å². The third-order valence-corrected chi connectivity index (χ3v) is 3.69. The van der Waals surface area contributed by atoms with Crippen LogP contribution in [-0.2, 0) is 0 Å². The van der Waals surface area contributed by atoms with Crippen molar-refractivity contribution in [1.82, 2.24) is 19.9 Å². The minimum Gasteiger partial charge on any atom is -0.356 e. The van der Waals surface area contributed by atoms with Crippen molar-refractivity contribution >= 4 is 17.1 Å². The second-order valence-corrected chi connectivity index (χ2v) is 5.60. The Balaban J connectivity index is 1.54. The molecule has 0 fully saturated rings. The molecule has 23 heavy (non-hydrogen) atoms. The molecule has 0 aromatic carbocycles. The van der Waals surface area contributed by atoms with Gasteiger partial charge in [0.15, 0.2) is 11.2 Å². The average Bonchev–Trinajstić information content (AvgIpc) is 2.98. The summed E-state index contributed by atoms with van der Waals surface area (Å²) in [7, 11) is 0. The Hall–Kier alpha value is -1.99. The summed E-state index contributed by atoms with van der Waals surface area (Å²) in [6, 6.07) is 0. The van der Waals surface area contributed by atoms with Gasteiger partial charge in [-0.15, -0.1) is 0 Å². The maximum absolute atomic E-state index is 11.9. The van der Waals surface area contributed by atoms with Crippen LogP contribution in [0.3, 0.4) is 0 Å². The molecule has 0 aliphatic carbocycles. The molecule has 0 saturated heterocycles. The number of aromatic nitrogens is 4. The van der Waals surface area contributed by atoms with E-state index in [1.165, 1.54) is 6.33 Å². The van der Waals surface area contributed by atoms with E-state index in [4.69, 9.17) is 0 Å². The van der Waals surface area contributed by atoms with Crippen LogP contribution in [0, 0.1) is 0 Å². The lowest BCUT2D eigenvalue weighted by Gasteiger charge is -2.05. The number of fused-ring (bicyclic) bond motifs is 1. The first-order valence-corrected chi connectivity index (χ1v) is 8.12. The summed E-state index contributed by atoms with van der Waals surface area (Å²) in [4.78, 5) is 25.3. The summed E-state index contributed by atoms with van der Waals surface area (Å²) < 4.78 is 23.9. The second kappa shape index (κ2) is 9.22. The average molecular weight is 327 g/mol. The number of hydrogen-bond acceptors (Lipinski definition) is 4. The topological polar surface area (TPSA) is 86.5 Å². The van der Waals surface area contributed by atoms with E-state index in [1.54, 1.807) is 0 Å². The van der Waals surface area contributed by atoms with Gasteiger partial charge in [0.05, 0.1) is 6.33 Å². The number of alkyl halides is 2. The largest absolute Gasteiger partial charge is 0.356 e. The van der Waals surface area contributed by atoms with Crippen molar-refractivity contribution in [3.63, 3.8) is 0 Å². The molecule has 2 heterocycles. The highest BCUT2D eigenvalue weighted by atomic mass is 19.3. The van der Waals surface area contributed by atoms with Gasteiger partial charge in [-0.05, 0) is 12.8 Å². The lowest BCUT2D eigenvalue weighted by atomic mass is 10.1. The second-order valence-electron chi connectivity index (χ2n) is 5.60. The molecule has 0 amide bonds. The number of aromatic amines is 2. The Morgan fingerprint density at radius 2 is 1.78 bits per heavy atom. The summed E-state index contributed by atoms with van der Waals surface area (Å²) in [5, 5.41) is 3.09. The molecule has 0 aliphatic rings. The van der Waals surface area contributed by atoms with E-state index in [0.29, 0.717) is 23.5 Å². The number of anilines is 1. The standard InChI is InChI=1S/C15H23F2N5O/c16-11(17)8-6-4-2-1-3-5-7-9-18-15-21-13-12(14(23)22-15)19-10-20-13/h10-11H,1-9H2,(H3,18,19,20,21,22,23). The summed E-state index contributed by atoms with van der Waals surface area (Å²) in [6.45, 7) is 0.726. The fourth-order valence-corrected chi connectivity index (χ4v) is 2.44. The normalized spacial score (nSPS) is 11.4. The SMILES string of the molecule is O=c1[nH]c(NCCCCCCCCCC(F)F)nc2nc[nH]c12. The van der Waals surface area contributed by atoms with Crippen molar-refractivity contribution in [3.05, 3.63) is 16.7 Å². The van der Waals surface area contributed by atoms with Crippen LogP contribution in [0.1, 0.15) is 51.4 Å². The van der Waals surface area contributed by atoms with Gasteiger partial charge in [-0.25, -0.2) is 13.8 Å². The van der Waals surface area contributed by atoms with Gasteiger partial charge < -0.3 is 10.3 Å². The molecule has 0 atom stereocenters. The van der Waals surface area contributed by atoms with Crippen LogP contribution >= 0.6 is 0 Å². The number of H-pyrrole nitrogens is 2. The third-order valence-electron chi connectivity index (χ3n) is 3.69. The van der Waals surface area contributed by atoms with Gasteiger partial charge in [-0.2, -0.15) is 4.98 Å². The predicted octanol–water partition coefficient (Wildman–Crippen LogP) is 3.44. The van der Waals surface area contributed by atoms with Gasteiger partial charge in [0.1, 0.15) is 0 Å². The number of unbranched alkanes of at least 4 members (excludes halogenated alkanes) is 6. The number of halogens is 2. The maximum Gasteiger partial charge on any atom is 0.278 e. The number of rotatable bonds is 11. The zero-order chi connectivity index (χ0) is 16.5. The lowest BCUT2D eigenvalue weighted by molar-refractivity contribution is 0.133. The predicted molar refractivity (Wildman–Crippen MR) is 85.9 cm³/mol. The van der Waals surface area contributed by atoms with E-state index in [2.05, 4.69) is 25.3 Å². The molecule has 0 radical (unpaired) electrons. The van der Waals surface area contributed by atoms with Gasteiger partial charge in [0, 0.05) is 13.0 Å². The van der Waals surface area contributed by atoms with Crippen molar-refractivity contribution in [3.8, 4) is 0 Å². The molecule has 0 saturated carbocycles. The molecule has 6 nitrogen and oxygen atoms in total. The van der Waals surface area contributed by atoms with E-state index in [0.717, 1.165) is 45.1 Å². The summed E-state index contributed by atoms with van der Waals surface area (Å²) >= 11 is 0. The Morgan fingerprint density at radius 1 is 1.09 bits per heavy atom. The highest BCUT2D eigenvalue weighted by Gasteiger charge is 2.05. The van der Waals surface area contributed by atoms with Crippen LogP contribution in [0.4, 0.5) is 14.7 Å². The summed E-state index contributed by atoms with van der Waals surface area (Å²) in [5.41, 5.74) is 0.543. The molecule has 0 aliphatic heterocycles. The molecular weight excluding hydrogens is 304 g/mol. The first kappa shape index (κ1) is 17.4. The minimum atomic E-state index is -2.16. The van der Waals surface area contributed by atoms with Crippen LogP contribution in [0.2, 0.25) is 0 Å². The number of hydrogen-bond donors (Lipinski definition) is 3. The minimum absolute atomic E-state index is 0.0233. The fraction of sp³-hybridized carbons (Fsp3) is 0.667. The first-order valence-electron chi connectivity index (χ1n) is 8.12. The number of nitrogens with one attached hydrogen (secondary N) is 3. The van der Waals surface area contributed by atoms with E-state index in [-0.39, 0.29) is 12.0 Å². The highest BCUT2D eigenvalue weighted by Crippen LogP contribution is 2.11. The molecule has 2 aromatic rings. The van der Waals surface area contributed by atoms with E-state index in [1.807, 2.05) is 0 Å². The Morgan fingerprint density at radius 3 is 2.52 bits per heavy atom. The maximum atomic E-state index is 11.9. The molecule has 2 rings (SSSR count). The third kappa shape index (κ3) is 5.96. The highest BCUT2D eigenvalue weighted by molar-refractivity contribution is 5.69. The molecule has 8 heteroatoms. The molecule has 0 unspecified atom stereocenters. The fourth-order valence-electron chi connectivity index (χ4n) is 2.44. The lowest BCUT2D eigenvalue weighted by Crippen LogP contribution is -2.14. The zero-order valence-corrected chi connectivity index (χ0v) is 13.1. The van der Waals surface area contributed by atoms with Crippen molar-refractivity contribution in [2.75, 3.05) is 11.9 Å². The number of imidazole rings is 1. The van der Waals surface area contributed by atoms with Crippen LogP contribution < -0.4 is 10.9 Å². The van der Waals surface area contributed by atoms with Crippen LogP contribution in [-0.4, -0.2) is 32.9 Å². The Bertz CT molecular complexity index is 640. The molecule has 0 bridgehead atoms. The van der Waals surface area contributed by atoms with E-state index < -0.39 is 6.43 Å². The van der Waals surface area contributed by atoms with Gasteiger partial charge in [0.2, 0.25) is 12.4 Å². The summed E-state index contributed by atoms with van der Waals surface area (Å²) in [5.74, 6) is 0.432. The molecule has 0 spiro atoms. The van der Waals surface area contributed by atoms with Crippen molar-refractivity contribution in [2.24, 2.45) is 0 Å². The molecule has 2 aromatic heterocycles. The van der Waals surface area contributed by atoms with Gasteiger partial charge in [-0.3, -0.25) is 9.78 Å². The van der Waals surface area contributed by atoms with Crippen molar-refractivity contribution in [2.45, 2.75) is 57.8 Å². The Kier molecular flexibility index (Phi) is 6.96. The number of nitrogens with zero attached hydrogens (tertiary/aromatic N) is 2. The monoisotopic (exact) mass is 327 g/mol. The smallest absolute Gasteiger partial charge is 0.278 e.